The molecule has 1 aliphatic rings. The fraction of sp³-hybridized carbons (Fsp3) is 0.281. The van der Waals surface area contributed by atoms with E-state index >= 15 is 0 Å². The Morgan fingerprint density at radius 3 is 2.45 bits per heavy atom. The maximum Gasteiger partial charge on any atom is 0.168 e. The number of pyridine rings is 1. The molecule has 1 aliphatic heterocycles. The van der Waals surface area contributed by atoms with Crippen LogP contribution in [0.4, 0.5) is 0 Å². The van der Waals surface area contributed by atoms with Crippen LogP contribution in [0.3, 0.4) is 0 Å². The Balaban J connectivity index is 1.23. The summed E-state index contributed by atoms with van der Waals surface area (Å²) in [6.45, 7) is 6.18. The average Bonchev–Trinajstić information content (AvgIpc) is 3.74. The predicted molar refractivity (Wildman–Crippen MR) is 146 cm³/mol. The molecule has 3 heterocycles. The lowest BCUT2D eigenvalue weighted by Crippen LogP contribution is -2.15. The molecule has 1 saturated heterocycles. The minimum atomic E-state index is -0.282. The van der Waals surface area contributed by atoms with Crippen molar-refractivity contribution in [3.63, 3.8) is 0 Å². The molecule has 2 aromatic heterocycles. The largest absolute Gasteiger partial charge is 0.361 e. The summed E-state index contributed by atoms with van der Waals surface area (Å²) in [6, 6.07) is 19.2. The highest BCUT2D eigenvalue weighted by Crippen LogP contribution is 2.30. The minimum Gasteiger partial charge on any atom is -0.361 e. The first-order valence-corrected chi connectivity index (χ1v) is 13.0. The fourth-order valence-electron chi connectivity index (χ4n) is 4.64. The number of Topliss-reactive ketones (excluding diaryl/α,β-unsaturated/α-hetero) is 2. The number of hydrogen-bond acceptors (Lipinski definition) is 6. The number of rotatable bonds is 10. The smallest absolute Gasteiger partial charge is 0.168 e. The van der Waals surface area contributed by atoms with Gasteiger partial charge in [-0.1, -0.05) is 56.3 Å². The summed E-state index contributed by atoms with van der Waals surface area (Å²) < 4.78 is 5.51. The van der Waals surface area contributed by atoms with Crippen molar-refractivity contribution in [2.24, 2.45) is 5.92 Å². The third kappa shape index (κ3) is 6.09. The number of benzene rings is 2. The van der Waals surface area contributed by atoms with Crippen LogP contribution in [-0.4, -0.2) is 38.7 Å². The number of nitrogens with zero attached hydrogens (tertiary/aromatic N) is 3. The van der Waals surface area contributed by atoms with Crippen LogP contribution in [0.1, 0.15) is 52.3 Å². The van der Waals surface area contributed by atoms with E-state index in [1.165, 1.54) is 0 Å². The monoisotopic (exact) mass is 505 g/mol. The molecule has 2 atom stereocenters. The summed E-state index contributed by atoms with van der Waals surface area (Å²) in [5.74, 6) is 1.21. The standard InChI is InChI=1S/C32H31N3O3/c1-20(2)31-32(38-31)29(37)16-22-8-10-24(11-9-22)28(36)17-23-7-6-21(3)26(15-23)18-30-34-14-12-27(35-30)25-5-4-13-33-19-25/h4-15,19-20,31-32H,16-18H2,1-3H3/t31-,32-/m0/s1. The van der Waals surface area contributed by atoms with E-state index in [-0.39, 0.29) is 23.8 Å². The van der Waals surface area contributed by atoms with Gasteiger partial charge in [0.15, 0.2) is 11.6 Å². The van der Waals surface area contributed by atoms with Gasteiger partial charge < -0.3 is 4.74 Å². The van der Waals surface area contributed by atoms with Crippen molar-refractivity contribution in [1.82, 2.24) is 15.0 Å². The lowest BCUT2D eigenvalue weighted by Gasteiger charge is -2.10. The van der Waals surface area contributed by atoms with Crippen LogP contribution in [0.25, 0.3) is 11.3 Å². The maximum atomic E-state index is 13.0. The number of carbonyl (C=O) groups is 2. The van der Waals surface area contributed by atoms with Gasteiger partial charge in [0.2, 0.25) is 0 Å². The molecule has 38 heavy (non-hydrogen) atoms. The van der Waals surface area contributed by atoms with E-state index in [9.17, 15) is 9.59 Å². The predicted octanol–water partition coefficient (Wildman–Crippen LogP) is 5.40. The van der Waals surface area contributed by atoms with E-state index in [4.69, 9.17) is 9.72 Å². The molecule has 6 nitrogen and oxygen atoms in total. The van der Waals surface area contributed by atoms with Gasteiger partial charge in [-0.3, -0.25) is 14.6 Å². The Kier molecular flexibility index (Phi) is 7.52. The van der Waals surface area contributed by atoms with Gasteiger partial charge >= 0.3 is 0 Å². The lowest BCUT2D eigenvalue weighted by molar-refractivity contribution is -0.119. The van der Waals surface area contributed by atoms with Crippen molar-refractivity contribution < 1.29 is 14.3 Å². The molecule has 4 aromatic rings. The molecule has 0 bridgehead atoms. The summed E-state index contributed by atoms with van der Waals surface area (Å²) in [5, 5.41) is 0. The third-order valence-electron chi connectivity index (χ3n) is 6.94. The van der Waals surface area contributed by atoms with Gasteiger partial charge in [0, 0.05) is 49.0 Å². The SMILES string of the molecule is Cc1ccc(CC(=O)c2ccc(CC(=O)[C@@H]3O[C@H]3C(C)C)cc2)cc1Cc1nccc(-c2cccnc2)n1. The quantitative estimate of drug-likeness (QED) is 0.212. The van der Waals surface area contributed by atoms with Gasteiger partial charge in [-0.15, -0.1) is 0 Å². The summed E-state index contributed by atoms with van der Waals surface area (Å²) in [5.41, 5.74) is 6.49. The average molecular weight is 506 g/mol. The van der Waals surface area contributed by atoms with E-state index in [0.29, 0.717) is 30.7 Å². The van der Waals surface area contributed by atoms with Crippen LogP contribution in [0, 0.1) is 12.8 Å². The second-order valence-electron chi connectivity index (χ2n) is 10.2. The number of aryl methyl sites for hydroxylation is 1. The van der Waals surface area contributed by atoms with Crippen LogP contribution in [0.2, 0.25) is 0 Å². The van der Waals surface area contributed by atoms with Gasteiger partial charge in [0.1, 0.15) is 11.9 Å². The molecular weight excluding hydrogens is 474 g/mol. The van der Waals surface area contributed by atoms with Crippen molar-refractivity contribution >= 4 is 11.6 Å². The zero-order valence-electron chi connectivity index (χ0n) is 21.9. The minimum absolute atomic E-state index is 0.0397. The third-order valence-corrected chi connectivity index (χ3v) is 6.94. The Labute approximate surface area is 223 Å². The maximum absolute atomic E-state index is 13.0. The summed E-state index contributed by atoms with van der Waals surface area (Å²) in [7, 11) is 0. The van der Waals surface area contributed by atoms with Gasteiger partial charge in [-0.2, -0.15) is 0 Å². The fourth-order valence-corrected chi connectivity index (χ4v) is 4.64. The number of ether oxygens (including phenoxy) is 1. The van der Waals surface area contributed by atoms with Crippen LogP contribution < -0.4 is 0 Å². The Hall–Kier alpha value is -4.03. The second kappa shape index (κ2) is 11.2. The number of hydrogen-bond donors (Lipinski definition) is 0. The van der Waals surface area contributed by atoms with E-state index in [2.05, 4.69) is 36.8 Å². The van der Waals surface area contributed by atoms with Crippen LogP contribution in [-0.2, 0) is 28.8 Å². The molecular formula is C32H31N3O3. The number of aromatic nitrogens is 3. The van der Waals surface area contributed by atoms with E-state index in [1.54, 1.807) is 18.6 Å². The number of carbonyl (C=O) groups excluding carboxylic acids is 2. The Morgan fingerprint density at radius 2 is 1.74 bits per heavy atom. The van der Waals surface area contributed by atoms with E-state index in [0.717, 1.165) is 39.3 Å². The number of epoxide rings is 1. The molecule has 0 aliphatic carbocycles. The summed E-state index contributed by atoms with van der Waals surface area (Å²) in [4.78, 5) is 38.8. The van der Waals surface area contributed by atoms with Crippen molar-refractivity contribution in [2.75, 3.05) is 0 Å². The first-order valence-electron chi connectivity index (χ1n) is 13.0. The molecule has 0 saturated carbocycles. The summed E-state index contributed by atoms with van der Waals surface area (Å²) >= 11 is 0. The van der Waals surface area contributed by atoms with Crippen molar-refractivity contribution in [2.45, 2.75) is 52.2 Å². The lowest BCUT2D eigenvalue weighted by atomic mass is 9.96. The molecule has 2 aromatic carbocycles. The topological polar surface area (TPSA) is 85.3 Å². The highest BCUT2D eigenvalue weighted by molar-refractivity contribution is 5.97. The van der Waals surface area contributed by atoms with Crippen molar-refractivity contribution in [3.8, 4) is 11.3 Å². The second-order valence-corrected chi connectivity index (χ2v) is 10.2. The molecule has 0 spiro atoms. The Bertz CT molecular complexity index is 1450. The highest BCUT2D eigenvalue weighted by atomic mass is 16.6. The molecule has 0 unspecified atom stereocenters. The first kappa shape index (κ1) is 25.6. The molecule has 1 fully saturated rings. The molecule has 0 radical (unpaired) electrons. The molecule has 192 valence electrons. The zero-order chi connectivity index (χ0) is 26.6. The number of ketones is 2. The van der Waals surface area contributed by atoms with Crippen molar-refractivity contribution in [3.05, 3.63) is 113 Å². The van der Waals surface area contributed by atoms with E-state index < -0.39 is 0 Å². The van der Waals surface area contributed by atoms with Gasteiger partial charge in [-0.05, 0) is 53.3 Å². The van der Waals surface area contributed by atoms with Crippen LogP contribution in [0.5, 0.6) is 0 Å². The molecule has 6 heteroatoms. The van der Waals surface area contributed by atoms with E-state index in [1.807, 2.05) is 54.6 Å². The molecule has 0 amide bonds. The normalized spacial score (nSPS) is 16.4. The van der Waals surface area contributed by atoms with Gasteiger partial charge in [0.05, 0.1) is 11.8 Å². The van der Waals surface area contributed by atoms with Crippen LogP contribution in [0.15, 0.2) is 79.3 Å². The van der Waals surface area contributed by atoms with Crippen LogP contribution >= 0.6 is 0 Å². The Morgan fingerprint density at radius 1 is 0.947 bits per heavy atom. The summed E-state index contributed by atoms with van der Waals surface area (Å²) in [6.07, 6.45) is 6.26. The van der Waals surface area contributed by atoms with Gasteiger partial charge in [0.25, 0.3) is 0 Å². The molecule has 0 N–H and O–H groups in total. The van der Waals surface area contributed by atoms with Gasteiger partial charge in [-0.25, -0.2) is 9.97 Å². The van der Waals surface area contributed by atoms with Crippen molar-refractivity contribution in [1.29, 1.82) is 0 Å². The first-order chi connectivity index (χ1) is 18.4. The zero-order valence-corrected chi connectivity index (χ0v) is 21.9. The highest BCUT2D eigenvalue weighted by Gasteiger charge is 2.45. The molecule has 5 rings (SSSR count).